The summed E-state index contributed by atoms with van der Waals surface area (Å²) in [5.41, 5.74) is 0.849. The minimum absolute atomic E-state index is 0.471. The molecule has 0 unspecified atom stereocenters. The normalized spacial score (nSPS) is 10.3. The lowest BCUT2D eigenvalue weighted by molar-refractivity contribution is 0.950. The SMILES string of the molecule is Cc1c(Cl)ncnc1-n1ccnc1. The van der Waals surface area contributed by atoms with Crippen LogP contribution in [0.4, 0.5) is 0 Å². The molecular formula is C8H7ClN4. The molecule has 2 heterocycles. The number of imidazole rings is 1. The van der Waals surface area contributed by atoms with Crippen LogP contribution in [0.1, 0.15) is 5.56 Å². The van der Waals surface area contributed by atoms with Crippen molar-refractivity contribution in [2.45, 2.75) is 6.92 Å². The summed E-state index contributed by atoms with van der Waals surface area (Å²) in [5, 5.41) is 0.471. The van der Waals surface area contributed by atoms with E-state index in [1.165, 1.54) is 6.33 Å². The Kier molecular flexibility index (Phi) is 1.98. The molecule has 0 aliphatic carbocycles. The van der Waals surface area contributed by atoms with Crippen LogP contribution < -0.4 is 0 Å². The molecule has 5 heteroatoms. The molecule has 0 aliphatic rings. The standard InChI is InChI=1S/C8H7ClN4/c1-6-7(9)11-4-12-8(6)13-3-2-10-5-13/h2-5H,1H3. The van der Waals surface area contributed by atoms with Crippen molar-refractivity contribution >= 4 is 11.6 Å². The zero-order valence-corrected chi connectivity index (χ0v) is 7.73. The van der Waals surface area contributed by atoms with E-state index in [9.17, 15) is 0 Å². The van der Waals surface area contributed by atoms with Gasteiger partial charge in [0.25, 0.3) is 0 Å². The largest absolute Gasteiger partial charge is 0.290 e. The van der Waals surface area contributed by atoms with Crippen molar-refractivity contribution in [3.63, 3.8) is 0 Å². The molecule has 0 spiro atoms. The molecule has 0 radical (unpaired) electrons. The predicted molar refractivity (Wildman–Crippen MR) is 48.9 cm³/mol. The van der Waals surface area contributed by atoms with Crippen LogP contribution >= 0.6 is 11.6 Å². The van der Waals surface area contributed by atoms with Gasteiger partial charge in [-0.2, -0.15) is 0 Å². The predicted octanol–water partition coefficient (Wildman–Crippen LogP) is 1.62. The van der Waals surface area contributed by atoms with E-state index in [0.29, 0.717) is 5.15 Å². The molecule has 0 saturated carbocycles. The topological polar surface area (TPSA) is 43.6 Å². The van der Waals surface area contributed by atoms with Gasteiger partial charge in [0.05, 0.1) is 0 Å². The van der Waals surface area contributed by atoms with Crippen molar-refractivity contribution in [2.75, 3.05) is 0 Å². The van der Waals surface area contributed by atoms with Gasteiger partial charge in [0.15, 0.2) is 0 Å². The fourth-order valence-electron chi connectivity index (χ4n) is 1.06. The highest BCUT2D eigenvalue weighted by molar-refractivity contribution is 6.30. The maximum Gasteiger partial charge on any atom is 0.145 e. The second kappa shape index (κ2) is 3.14. The molecular weight excluding hydrogens is 188 g/mol. The molecule has 0 aromatic carbocycles. The van der Waals surface area contributed by atoms with E-state index in [1.54, 1.807) is 17.1 Å². The van der Waals surface area contributed by atoms with Gasteiger partial charge >= 0.3 is 0 Å². The second-order valence-electron chi connectivity index (χ2n) is 2.58. The molecule has 2 aromatic heterocycles. The zero-order chi connectivity index (χ0) is 9.26. The molecule has 0 atom stereocenters. The average molecular weight is 195 g/mol. The summed E-state index contributed by atoms with van der Waals surface area (Å²) in [5.74, 6) is 0.762. The van der Waals surface area contributed by atoms with E-state index in [0.717, 1.165) is 11.4 Å². The third kappa shape index (κ3) is 1.40. The smallest absolute Gasteiger partial charge is 0.145 e. The van der Waals surface area contributed by atoms with Crippen molar-refractivity contribution in [2.24, 2.45) is 0 Å². The van der Waals surface area contributed by atoms with Gasteiger partial charge in [0.2, 0.25) is 0 Å². The van der Waals surface area contributed by atoms with Gasteiger partial charge in [0.1, 0.15) is 23.6 Å². The lowest BCUT2D eigenvalue weighted by Crippen LogP contribution is -1.99. The van der Waals surface area contributed by atoms with Crippen LogP contribution in [-0.4, -0.2) is 19.5 Å². The highest BCUT2D eigenvalue weighted by atomic mass is 35.5. The fourth-order valence-corrected chi connectivity index (χ4v) is 1.19. The van der Waals surface area contributed by atoms with Gasteiger partial charge in [-0.1, -0.05) is 11.6 Å². The maximum atomic E-state index is 5.85. The third-order valence-corrected chi connectivity index (χ3v) is 2.13. The number of hydrogen-bond donors (Lipinski definition) is 0. The van der Waals surface area contributed by atoms with Crippen LogP contribution in [-0.2, 0) is 0 Å². The van der Waals surface area contributed by atoms with Gasteiger partial charge in [-0.15, -0.1) is 0 Å². The van der Waals surface area contributed by atoms with Gasteiger partial charge < -0.3 is 0 Å². The monoisotopic (exact) mass is 194 g/mol. The van der Waals surface area contributed by atoms with E-state index in [2.05, 4.69) is 15.0 Å². The molecule has 0 amide bonds. The first-order chi connectivity index (χ1) is 6.29. The first-order valence-corrected chi connectivity index (χ1v) is 4.12. The van der Waals surface area contributed by atoms with Crippen LogP contribution in [0, 0.1) is 6.92 Å². The van der Waals surface area contributed by atoms with E-state index < -0.39 is 0 Å². The summed E-state index contributed by atoms with van der Waals surface area (Å²) in [6.07, 6.45) is 6.61. The van der Waals surface area contributed by atoms with Crippen molar-refractivity contribution in [3.8, 4) is 5.82 Å². The molecule has 4 nitrogen and oxygen atoms in total. The van der Waals surface area contributed by atoms with Crippen molar-refractivity contribution in [1.29, 1.82) is 0 Å². The quantitative estimate of drug-likeness (QED) is 0.648. The van der Waals surface area contributed by atoms with Crippen LogP contribution in [0.3, 0.4) is 0 Å². The van der Waals surface area contributed by atoms with E-state index >= 15 is 0 Å². The Hall–Kier alpha value is -1.42. The van der Waals surface area contributed by atoms with E-state index in [4.69, 9.17) is 11.6 Å². The van der Waals surface area contributed by atoms with Crippen LogP contribution in [0.25, 0.3) is 5.82 Å². The molecule has 0 saturated heterocycles. The fraction of sp³-hybridized carbons (Fsp3) is 0.125. The Bertz CT molecular complexity index is 410. The first kappa shape index (κ1) is 8.19. The Morgan fingerprint density at radius 1 is 1.38 bits per heavy atom. The summed E-state index contributed by atoms with van der Waals surface area (Å²) >= 11 is 5.85. The highest BCUT2D eigenvalue weighted by Gasteiger charge is 2.05. The maximum absolute atomic E-state index is 5.85. The van der Waals surface area contributed by atoms with Gasteiger partial charge in [-0.25, -0.2) is 15.0 Å². The molecule has 0 N–H and O–H groups in total. The molecule has 66 valence electrons. The Morgan fingerprint density at radius 2 is 2.23 bits per heavy atom. The summed E-state index contributed by atoms with van der Waals surface area (Å²) < 4.78 is 1.79. The average Bonchev–Trinajstić information content (AvgIpc) is 2.62. The Labute approximate surface area is 80.2 Å². The summed E-state index contributed by atoms with van der Waals surface area (Å²) in [7, 11) is 0. The van der Waals surface area contributed by atoms with Gasteiger partial charge in [-0.05, 0) is 6.92 Å². The first-order valence-electron chi connectivity index (χ1n) is 3.74. The van der Waals surface area contributed by atoms with Crippen molar-refractivity contribution < 1.29 is 0 Å². The lowest BCUT2D eigenvalue weighted by Gasteiger charge is -2.04. The minimum atomic E-state index is 0.471. The van der Waals surface area contributed by atoms with Crippen LogP contribution in [0.2, 0.25) is 5.15 Å². The van der Waals surface area contributed by atoms with E-state index in [-0.39, 0.29) is 0 Å². The molecule has 2 rings (SSSR count). The number of aromatic nitrogens is 4. The summed E-state index contributed by atoms with van der Waals surface area (Å²) in [6.45, 7) is 1.87. The summed E-state index contributed by atoms with van der Waals surface area (Å²) in [6, 6.07) is 0. The van der Waals surface area contributed by atoms with Gasteiger partial charge in [0, 0.05) is 18.0 Å². The minimum Gasteiger partial charge on any atom is -0.290 e. The zero-order valence-electron chi connectivity index (χ0n) is 6.98. The third-order valence-electron chi connectivity index (χ3n) is 1.74. The number of rotatable bonds is 1. The molecule has 0 aliphatic heterocycles. The highest BCUT2D eigenvalue weighted by Crippen LogP contribution is 2.16. The second-order valence-corrected chi connectivity index (χ2v) is 2.94. The van der Waals surface area contributed by atoms with E-state index in [1.807, 2.05) is 13.1 Å². The lowest BCUT2D eigenvalue weighted by atomic mass is 10.3. The molecule has 0 fully saturated rings. The molecule has 13 heavy (non-hydrogen) atoms. The number of halogens is 1. The Balaban J connectivity index is 2.59. The summed E-state index contributed by atoms with van der Waals surface area (Å²) in [4.78, 5) is 11.9. The van der Waals surface area contributed by atoms with Crippen molar-refractivity contribution in [3.05, 3.63) is 35.8 Å². The molecule has 2 aromatic rings. The number of nitrogens with zero attached hydrogens (tertiary/aromatic N) is 4. The van der Waals surface area contributed by atoms with Crippen LogP contribution in [0.15, 0.2) is 25.0 Å². The van der Waals surface area contributed by atoms with Crippen molar-refractivity contribution in [1.82, 2.24) is 19.5 Å². The Morgan fingerprint density at radius 3 is 2.92 bits per heavy atom. The van der Waals surface area contributed by atoms with Crippen LogP contribution in [0.5, 0.6) is 0 Å². The molecule has 0 bridgehead atoms. The number of hydrogen-bond acceptors (Lipinski definition) is 3. The van der Waals surface area contributed by atoms with Gasteiger partial charge in [-0.3, -0.25) is 4.57 Å².